The normalized spacial score (nSPS) is 12.2. The number of aryl methyl sites for hydroxylation is 1. The Hall–Kier alpha value is -1.13. The fourth-order valence-electron chi connectivity index (χ4n) is 1.44. The third-order valence-electron chi connectivity index (χ3n) is 2.51. The Balaban J connectivity index is 2.88. The third-order valence-corrected chi connectivity index (χ3v) is 2.73. The first-order chi connectivity index (χ1) is 7.56. The summed E-state index contributed by atoms with van der Waals surface area (Å²) in [5, 5.41) is 3.32. The van der Waals surface area contributed by atoms with E-state index in [2.05, 4.69) is 5.32 Å². The smallest absolute Gasteiger partial charge is 0.106 e. The maximum absolute atomic E-state index is 5.68. The van der Waals surface area contributed by atoms with Crippen molar-refractivity contribution in [3.05, 3.63) is 29.3 Å². The highest BCUT2D eigenvalue weighted by Crippen LogP contribution is 2.20. The second-order valence-electron chi connectivity index (χ2n) is 3.79. The average Bonchev–Trinajstić information content (AvgIpc) is 2.26. The lowest BCUT2D eigenvalue weighted by atomic mass is 10.1. The number of ether oxygens (including phenoxy) is 1. The van der Waals surface area contributed by atoms with E-state index in [-0.39, 0.29) is 6.10 Å². The molecule has 0 aliphatic rings. The Morgan fingerprint density at radius 3 is 2.81 bits per heavy atom. The molecule has 88 valence electrons. The molecule has 16 heavy (non-hydrogen) atoms. The molecule has 0 saturated carbocycles. The van der Waals surface area contributed by atoms with Crippen LogP contribution in [0.2, 0.25) is 0 Å². The third kappa shape index (κ3) is 3.18. The van der Waals surface area contributed by atoms with Crippen LogP contribution in [0.25, 0.3) is 0 Å². The van der Waals surface area contributed by atoms with Crippen molar-refractivity contribution in [2.24, 2.45) is 5.73 Å². The average molecular weight is 238 g/mol. The van der Waals surface area contributed by atoms with Crippen molar-refractivity contribution in [1.82, 2.24) is 0 Å². The summed E-state index contributed by atoms with van der Waals surface area (Å²) in [4.78, 5) is 0.413. The van der Waals surface area contributed by atoms with Crippen molar-refractivity contribution in [1.29, 1.82) is 0 Å². The molecule has 0 aliphatic carbocycles. The molecule has 0 radical (unpaired) electrons. The molecule has 1 aromatic carbocycles. The maximum atomic E-state index is 5.68. The lowest BCUT2D eigenvalue weighted by molar-refractivity contribution is 0.129. The number of anilines is 1. The number of nitrogens with one attached hydrogen (secondary N) is 1. The van der Waals surface area contributed by atoms with Crippen LogP contribution in [-0.4, -0.2) is 24.7 Å². The summed E-state index contributed by atoms with van der Waals surface area (Å²) in [6.07, 6.45) is 0.152. The highest BCUT2D eigenvalue weighted by Gasteiger charge is 2.08. The molecule has 0 saturated heterocycles. The van der Waals surface area contributed by atoms with Crippen molar-refractivity contribution in [3.63, 3.8) is 0 Å². The molecular weight excluding hydrogens is 220 g/mol. The van der Waals surface area contributed by atoms with Gasteiger partial charge in [-0.1, -0.05) is 24.4 Å². The van der Waals surface area contributed by atoms with Gasteiger partial charge in [0.15, 0.2) is 0 Å². The minimum Gasteiger partial charge on any atom is -0.389 e. The Bertz CT molecular complexity index is 379. The van der Waals surface area contributed by atoms with Gasteiger partial charge in [0.2, 0.25) is 0 Å². The Kier molecular flexibility index (Phi) is 4.71. The van der Waals surface area contributed by atoms with Gasteiger partial charge in [0, 0.05) is 24.9 Å². The highest BCUT2D eigenvalue weighted by atomic mass is 32.1. The molecule has 1 unspecified atom stereocenters. The van der Waals surface area contributed by atoms with Gasteiger partial charge < -0.3 is 15.8 Å². The zero-order valence-electron chi connectivity index (χ0n) is 9.91. The first-order valence-corrected chi connectivity index (χ1v) is 5.63. The minimum atomic E-state index is 0.152. The van der Waals surface area contributed by atoms with Gasteiger partial charge in [-0.15, -0.1) is 0 Å². The fourth-order valence-corrected chi connectivity index (χ4v) is 1.61. The van der Waals surface area contributed by atoms with Gasteiger partial charge in [0.25, 0.3) is 0 Å². The van der Waals surface area contributed by atoms with Gasteiger partial charge in [0.05, 0.1) is 6.10 Å². The lowest BCUT2D eigenvalue weighted by Gasteiger charge is -2.16. The van der Waals surface area contributed by atoms with Gasteiger partial charge in [-0.3, -0.25) is 0 Å². The van der Waals surface area contributed by atoms with Gasteiger partial charge >= 0.3 is 0 Å². The molecule has 0 fully saturated rings. The molecule has 3 nitrogen and oxygen atoms in total. The first kappa shape index (κ1) is 12.9. The number of methoxy groups -OCH3 is 1. The molecular formula is C12H18N2OS. The van der Waals surface area contributed by atoms with E-state index >= 15 is 0 Å². The second-order valence-corrected chi connectivity index (χ2v) is 4.23. The monoisotopic (exact) mass is 238 g/mol. The SMILES string of the molecule is COC(C)CNc1c(C)cccc1C(N)=S. The molecule has 0 heterocycles. The van der Waals surface area contributed by atoms with E-state index in [9.17, 15) is 0 Å². The van der Waals surface area contributed by atoms with Crippen LogP contribution < -0.4 is 11.1 Å². The number of rotatable bonds is 5. The molecule has 1 rings (SSSR count). The standard InChI is InChI=1S/C12H18N2OS/c1-8-5-4-6-10(12(13)16)11(8)14-7-9(2)15-3/h4-6,9,14H,7H2,1-3H3,(H2,13,16). The molecule has 0 amide bonds. The van der Waals surface area contributed by atoms with E-state index in [0.717, 1.165) is 23.4 Å². The molecule has 0 spiro atoms. The Labute approximate surface area is 102 Å². The highest BCUT2D eigenvalue weighted by molar-refractivity contribution is 7.80. The molecule has 3 N–H and O–H groups in total. The van der Waals surface area contributed by atoms with Gasteiger partial charge in [-0.25, -0.2) is 0 Å². The molecule has 1 aromatic rings. The number of para-hydroxylation sites is 1. The van der Waals surface area contributed by atoms with Crippen molar-refractivity contribution in [3.8, 4) is 0 Å². The minimum absolute atomic E-state index is 0.152. The quantitative estimate of drug-likeness (QED) is 0.771. The summed E-state index contributed by atoms with van der Waals surface area (Å²) in [5.74, 6) is 0. The molecule has 4 heteroatoms. The van der Waals surface area contributed by atoms with E-state index in [1.165, 1.54) is 0 Å². The van der Waals surface area contributed by atoms with Crippen molar-refractivity contribution in [2.45, 2.75) is 20.0 Å². The van der Waals surface area contributed by atoms with Crippen molar-refractivity contribution in [2.75, 3.05) is 19.0 Å². The summed E-state index contributed by atoms with van der Waals surface area (Å²) in [6, 6.07) is 5.91. The summed E-state index contributed by atoms with van der Waals surface area (Å²) >= 11 is 5.02. The number of nitrogens with two attached hydrogens (primary N) is 1. The van der Waals surface area contributed by atoms with E-state index in [0.29, 0.717) is 4.99 Å². The zero-order chi connectivity index (χ0) is 12.1. The second kappa shape index (κ2) is 5.82. The number of thiocarbonyl (C=S) groups is 1. The summed E-state index contributed by atoms with van der Waals surface area (Å²) in [6.45, 7) is 4.77. The van der Waals surface area contributed by atoms with Crippen LogP contribution in [-0.2, 0) is 4.74 Å². The van der Waals surface area contributed by atoms with Crippen LogP contribution in [0.1, 0.15) is 18.1 Å². The van der Waals surface area contributed by atoms with E-state index in [1.54, 1.807) is 7.11 Å². The van der Waals surface area contributed by atoms with Crippen molar-refractivity contribution >= 4 is 22.9 Å². The van der Waals surface area contributed by atoms with Crippen LogP contribution in [0.3, 0.4) is 0 Å². The summed E-state index contributed by atoms with van der Waals surface area (Å²) in [7, 11) is 1.69. The Morgan fingerprint density at radius 2 is 2.25 bits per heavy atom. The largest absolute Gasteiger partial charge is 0.389 e. The molecule has 0 aromatic heterocycles. The van der Waals surface area contributed by atoms with Crippen molar-refractivity contribution < 1.29 is 4.74 Å². The zero-order valence-corrected chi connectivity index (χ0v) is 10.7. The molecule has 0 bridgehead atoms. The predicted octanol–water partition coefficient (Wildman–Crippen LogP) is 2.08. The van der Waals surface area contributed by atoms with Crippen LogP contribution in [0.5, 0.6) is 0 Å². The summed E-state index contributed by atoms with van der Waals surface area (Å²) in [5.41, 5.74) is 8.70. The van der Waals surface area contributed by atoms with E-state index in [4.69, 9.17) is 22.7 Å². The Morgan fingerprint density at radius 1 is 1.56 bits per heavy atom. The van der Waals surface area contributed by atoms with Gasteiger partial charge in [0.1, 0.15) is 4.99 Å². The fraction of sp³-hybridized carbons (Fsp3) is 0.417. The van der Waals surface area contributed by atoms with Crippen LogP contribution in [0.15, 0.2) is 18.2 Å². The maximum Gasteiger partial charge on any atom is 0.106 e. The summed E-state index contributed by atoms with van der Waals surface area (Å²) < 4.78 is 5.19. The topological polar surface area (TPSA) is 47.3 Å². The predicted molar refractivity (Wildman–Crippen MR) is 72.0 cm³/mol. The van der Waals surface area contributed by atoms with Crippen LogP contribution >= 0.6 is 12.2 Å². The van der Waals surface area contributed by atoms with Gasteiger partial charge in [-0.2, -0.15) is 0 Å². The van der Waals surface area contributed by atoms with E-state index < -0.39 is 0 Å². The van der Waals surface area contributed by atoms with E-state index in [1.807, 2.05) is 32.0 Å². The molecule has 0 aliphatic heterocycles. The molecule has 1 atom stereocenters. The lowest BCUT2D eigenvalue weighted by Crippen LogP contribution is -2.21. The first-order valence-electron chi connectivity index (χ1n) is 5.22. The number of hydrogen-bond acceptors (Lipinski definition) is 3. The van der Waals surface area contributed by atoms with Crippen LogP contribution in [0, 0.1) is 6.92 Å². The van der Waals surface area contributed by atoms with Gasteiger partial charge in [-0.05, 0) is 25.5 Å². The number of hydrogen-bond donors (Lipinski definition) is 2. The van der Waals surface area contributed by atoms with Crippen LogP contribution in [0.4, 0.5) is 5.69 Å². The number of benzene rings is 1.